The summed E-state index contributed by atoms with van der Waals surface area (Å²) >= 11 is 1.36. The van der Waals surface area contributed by atoms with Gasteiger partial charge in [0.15, 0.2) is 0 Å². The van der Waals surface area contributed by atoms with Crippen molar-refractivity contribution in [2.24, 2.45) is 0 Å². The minimum Gasteiger partial charge on any atom is -0.350 e. The van der Waals surface area contributed by atoms with Crippen LogP contribution in [0.2, 0.25) is 0 Å². The van der Waals surface area contributed by atoms with Crippen LogP contribution in [0.5, 0.6) is 0 Å². The van der Waals surface area contributed by atoms with E-state index in [1.807, 2.05) is 58.9 Å². The average molecular weight is 445 g/mol. The Balaban J connectivity index is 2.19. The monoisotopic (exact) mass is 444 g/mol. The first-order chi connectivity index (χ1) is 14.6. The van der Waals surface area contributed by atoms with Crippen molar-refractivity contribution in [2.75, 3.05) is 5.75 Å². The molecular formula is C25H33FN2O2S. The lowest BCUT2D eigenvalue weighted by Crippen LogP contribution is -2.53. The minimum atomic E-state index is -0.569. The summed E-state index contributed by atoms with van der Waals surface area (Å²) < 4.78 is 13.9. The quantitative estimate of drug-likeness (QED) is 0.586. The third-order valence-corrected chi connectivity index (χ3v) is 5.89. The molecule has 0 aliphatic heterocycles. The van der Waals surface area contributed by atoms with Crippen LogP contribution in [0.25, 0.3) is 0 Å². The fourth-order valence-corrected chi connectivity index (χ4v) is 4.19. The molecule has 31 heavy (non-hydrogen) atoms. The lowest BCUT2D eigenvalue weighted by Gasteiger charge is -2.33. The minimum absolute atomic E-state index is 0.125. The molecule has 1 atom stereocenters. The third-order valence-electron chi connectivity index (χ3n) is 4.93. The number of hydrogen-bond acceptors (Lipinski definition) is 3. The number of thioether (sulfide) groups is 1. The van der Waals surface area contributed by atoms with E-state index in [0.717, 1.165) is 11.1 Å². The number of carbonyl (C=O) groups excluding carboxylic acids is 2. The van der Waals surface area contributed by atoms with Crippen molar-refractivity contribution in [3.63, 3.8) is 0 Å². The zero-order valence-corrected chi connectivity index (χ0v) is 19.9. The van der Waals surface area contributed by atoms with Gasteiger partial charge in [-0.15, -0.1) is 11.8 Å². The van der Waals surface area contributed by atoms with E-state index in [2.05, 4.69) is 5.32 Å². The first-order valence-corrected chi connectivity index (χ1v) is 11.7. The van der Waals surface area contributed by atoms with Gasteiger partial charge in [-0.3, -0.25) is 9.59 Å². The highest BCUT2D eigenvalue weighted by atomic mass is 32.2. The zero-order valence-electron chi connectivity index (χ0n) is 19.1. The molecule has 2 amide bonds. The standard InChI is InChI=1S/C25H33FN2O2S/c1-6-22(24(30)27-25(3,4)5)28(15-19-12-8-7-11-18(19)2)23(29)17-31-16-20-13-9-10-14-21(20)26/h7-14,22H,6,15-17H2,1-5H3,(H,27,30)/t22-/m0/s1. The summed E-state index contributed by atoms with van der Waals surface area (Å²) in [4.78, 5) is 27.9. The van der Waals surface area contributed by atoms with Crippen molar-refractivity contribution >= 4 is 23.6 Å². The lowest BCUT2D eigenvalue weighted by molar-refractivity contribution is -0.140. The molecule has 0 spiro atoms. The maximum absolute atomic E-state index is 13.9. The second kappa shape index (κ2) is 11.3. The highest BCUT2D eigenvalue weighted by molar-refractivity contribution is 7.99. The van der Waals surface area contributed by atoms with Gasteiger partial charge in [0, 0.05) is 17.8 Å². The van der Waals surface area contributed by atoms with E-state index in [1.165, 1.54) is 17.8 Å². The van der Waals surface area contributed by atoms with E-state index in [1.54, 1.807) is 23.1 Å². The number of nitrogens with zero attached hydrogens (tertiary/aromatic N) is 1. The van der Waals surface area contributed by atoms with Crippen molar-refractivity contribution in [1.29, 1.82) is 0 Å². The highest BCUT2D eigenvalue weighted by Crippen LogP contribution is 2.20. The molecule has 0 fully saturated rings. The van der Waals surface area contributed by atoms with Crippen LogP contribution in [0.15, 0.2) is 48.5 Å². The lowest BCUT2D eigenvalue weighted by atomic mass is 10.0. The van der Waals surface area contributed by atoms with Crippen LogP contribution < -0.4 is 5.32 Å². The fraction of sp³-hybridized carbons (Fsp3) is 0.440. The molecule has 168 valence electrons. The van der Waals surface area contributed by atoms with E-state index in [9.17, 15) is 14.0 Å². The number of hydrogen-bond donors (Lipinski definition) is 1. The maximum Gasteiger partial charge on any atom is 0.243 e. The molecular weight excluding hydrogens is 411 g/mol. The van der Waals surface area contributed by atoms with Crippen LogP contribution in [-0.4, -0.2) is 34.0 Å². The Morgan fingerprint density at radius 3 is 2.26 bits per heavy atom. The van der Waals surface area contributed by atoms with Crippen molar-refractivity contribution in [3.8, 4) is 0 Å². The van der Waals surface area contributed by atoms with Crippen molar-refractivity contribution in [2.45, 2.75) is 64.9 Å². The topological polar surface area (TPSA) is 49.4 Å². The molecule has 4 nitrogen and oxygen atoms in total. The second-order valence-electron chi connectivity index (χ2n) is 8.70. The van der Waals surface area contributed by atoms with Gasteiger partial charge in [-0.2, -0.15) is 0 Å². The smallest absolute Gasteiger partial charge is 0.243 e. The molecule has 6 heteroatoms. The average Bonchev–Trinajstić information content (AvgIpc) is 2.69. The van der Waals surface area contributed by atoms with E-state index >= 15 is 0 Å². The zero-order chi connectivity index (χ0) is 23.0. The predicted octanol–water partition coefficient (Wildman–Crippen LogP) is 5.09. The summed E-state index contributed by atoms with van der Waals surface area (Å²) in [5.74, 6) is 0.0351. The summed E-state index contributed by atoms with van der Waals surface area (Å²) in [6, 6.07) is 13.9. The molecule has 2 rings (SSSR count). The van der Waals surface area contributed by atoms with E-state index in [-0.39, 0.29) is 28.9 Å². The molecule has 0 aliphatic carbocycles. The van der Waals surface area contributed by atoms with Crippen LogP contribution in [0.4, 0.5) is 4.39 Å². The van der Waals surface area contributed by atoms with Gasteiger partial charge >= 0.3 is 0 Å². The third kappa shape index (κ3) is 7.69. The second-order valence-corrected chi connectivity index (χ2v) is 9.68. The number of carbonyl (C=O) groups is 2. The highest BCUT2D eigenvalue weighted by Gasteiger charge is 2.30. The van der Waals surface area contributed by atoms with Crippen LogP contribution in [0.1, 0.15) is 50.8 Å². The predicted molar refractivity (Wildman–Crippen MR) is 126 cm³/mol. The fourth-order valence-electron chi connectivity index (χ4n) is 3.29. The van der Waals surface area contributed by atoms with Crippen molar-refractivity contribution in [1.82, 2.24) is 10.2 Å². The Hall–Kier alpha value is -2.34. The summed E-state index contributed by atoms with van der Waals surface area (Å²) in [5, 5.41) is 3.01. The Morgan fingerprint density at radius 2 is 1.68 bits per heavy atom. The Bertz CT molecular complexity index is 895. The molecule has 0 bridgehead atoms. The molecule has 0 radical (unpaired) electrons. The van der Waals surface area contributed by atoms with Crippen molar-refractivity contribution < 1.29 is 14.0 Å². The van der Waals surface area contributed by atoms with Gasteiger partial charge in [0.2, 0.25) is 11.8 Å². The first kappa shape index (κ1) is 24.9. The SMILES string of the molecule is CC[C@@H](C(=O)NC(C)(C)C)N(Cc1ccccc1C)C(=O)CSCc1ccccc1F. The van der Waals surface area contributed by atoms with Crippen LogP contribution >= 0.6 is 11.8 Å². The summed E-state index contributed by atoms with van der Waals surface area (Å²) in [6.07, 6.45) is 0.511. The molecule has 0 saturated carbocycles. The van der Waals surface area contributed by atoms with E-state index < -0.39 is 6.04 Å². The Morgan fingerprint density at radius 1 is 1.06 bits per heavy atom. The van der Waals surface area contributed by atoms with Crippen LogP contribution in [0.3, 0.4) is 0 Å². The molecule has 2 aromatic carbocycles. The summed E-state index contributed by atoms with van der Waals surface area (Å²) in [7, 11) is 0. The largest absolute Gasteiger partial charge is 0.350 e. The molecule has 2 aromatic rings. The van der Waals surface area contributed by atoms with Crippen LogP contribution in [-0.2, 0) is 21.9 Å². The van der Waals surface area contributed by atoms with Gasteiger partial charge < -0.3 is 10.2 Å². The molecule has 1 N–H and O–H groups in total. The van der Waals surface area contributed by atoms with Gasteiger partial charge in [-0.1, -0.05) is 49.4 Å². The summed E-state index contributed by atoms with van der Waals surface area (Å²) in [6.45, 7) is 10.1. The number of halogens is 1. The van der Waals surface area contributed by atoms with Gasteiger partial charge in [0.1, 0.15) is 11.9 Å². The number of aryl methyl sites for hydroxylation is 1. The normalized spacial score (nSPS) is 12.3. The Labute approximate surface area is 189 Å². The van der Waals surface area contributed by atoms with E-state index in [0.29, 0.717) is 24.3 Å². The van der Waals surface area contributed by atoms with Crippen molar-refractivity contribution in [3.05, 3.63) is 71.0 Å². The molecule has 0 saturated heterocycles. The maximum atomic E-state index is 13.9. The number of nitrogens with one attached hydrogen (secondary N) is 1. The Kier molecular flexibility index (Phi) is 9.11. The van der Waals surface area contributed by atoms with Gasteiger partial charge in [0.25, 0.3) is 0 Å². The van der Waals surface area contributed by atoms with Gasteiger partial charge in [-0.25, -0.2) is 4.39 Å². The van der Waals surface area contributed by atoms with E-state index in [4.69, 9.17) is 0 Å². The van der Waals surface area contributed by atoms with Gasteiger partial charge in [0.05, 0.1) is 5.75 Å². The number of benzene rings is 2. The first-order valence-electron chi connectivity index (χ1n) is 10.6. The molecule has 0 aromatic heterocycles. The number of amides is 2. The van der Waals surface area contributed by atoms with Crippen LogP contribution in [0, 0.1) is 12.7 Å². The number of rotatable bonds is 9. The molecule has 0 aliphatic rings. The molecule has 0 unspecified atom stereocenters. The summed E-state index contributed by atoms with van der Waals surface area (Å²) in [5.41, 5.74) is 2.27. The molecule has 0 heterocycles. The van der Waals surface area contributed by atoms with Gasteiger partial charge in [-0.05, 0) is 56.9 Å².